The average Bonchev–Trinajstić information content (AvgIpc) is 1.86. The Morgan fingerprint density at radius 3 is 3.50 bits per heavy atom. The Labute approximate surface area is 52.2 Å². The molecule has 1 unspecified atom stereocenters. The normalized spacial score (nSPS) is 36.8. The highest BCUT2D eigenvalue weighted by Crippen LogP contribution is 1.92. The number of nitrogens with one attached hydrogen (secondary N) is 1. The van der Waals surface area contributed by atoms with Crippen LogP contribution in [0.4, 0.5) is 0 Å². The van der Waals surface area contributed by atoms with Crippen molar-refractivity contribution in [3.8, 4) is 0 Å². The second-order valence-electron chi connectivity index (χ2n) is 1.60. The van der Waals surface area contributed by atoms with E-state index in [4.69, 9.17) is 8.85 Å². The Hall–Kier alpha value is -0.570. The summed E-state index contributed by atoms with van der Waals surface area (Å²) in [7, 11) is 0. The first-order valence-corrected chi connectivity index (χ1v) is 2.38. The molecule has 1 heterocycles. The maximum atomic E-state index is 10.5. The van der Waals surface area contributed by atoms with Crippen molar-refractivity contribution in [3.05, 3.63) is 0 Å². The fourth-order valence-corrected chi connectivity index (χ4v) is 0.493. The number of morpholine rings is 1. The SMILES string of the molecule is [2H]C([2H])([2H])C1CNC(=O)CO1. The molecule has 0 spiro atoms. The number of amides is 1. The van der Waals surface area contributed by atoms with Gasteiger partial charge in [-0.3, -0.25) is 4.79 Å². The summed E-state index contributed by atoms with van der Waals surface area (Å²) in [6.07, 6.45) is -0.847. The second-order valence-corrected chi connectivity index (χ2v) is 1.60. The molecule has 3 nitrogen and oxygen atoms in total. The fraction of sp³-hybridized carbons (Fsp3) is 0.800. The van der Waals surface area contributed by atoms with Crippen LogP contribution in [0, 0.1) is 0 Å². The molecule has 0 aromatic carbocycles. The van der Waals surface area contributed by atoms with E-state index in [1.807, 2.05) is 0 Å². The van der Waals surface area contributed by atoms with Gasteiger partial charge in [0.1, 0.15) is 6.61 Å². The van der Waals surface area contributed by atoms with Crippen LogP contribution < -0.4 is 5.32 Å². The molecule has 0 saturated carbocycles. The van der Waals surface area contributed by atoms with Crippen molar-refractivity contribution in [2.24, 2.45) is 0 Å². The standard InChI is InChI=1S/C5H9NO2/c1-4-2-6-5(7)3-8-4/h4H,2-3H2,1H3,(H,6,7)/i1D3. The molecule has 1 aliphatic heterocycles. The van der Waals surface area contributed by atoms with E-state index in [-0.39, 0.29) is 19.1 Å². The van der Waals surface area contributed by atoms with Crippen molar-refractivity contribution < 1.29 is 13.6 Å². The van der Waals surface area contributed by atoms with E-state index in [1.165, 1.54) is 0 Å². The molecule has 1 fully saturated rings. The number of hydrogen-bond acceptors (Lipinski definition) is 2. The summed E-state index contributed by atoms with van der Waals surface area (Å²) in [5, 5.41) is 2.41. The van der Waals surface area contributed by atoms with Crippen LogP contribution in [-0.2, 0) is 9.53 Å². The third-order valence-electron chi connectivity index (χ3n) is 0.900. The zero-order valence-corrected chi connectivity index (χ0v) is 4.31. The smallest absolute Gasteiger partial charge is 0.246 e. The summed E-state index contributed by atoms with van der Waals surface area (Å²) in [6, 6.07) is 0. The molecule has 1 rings (SSSR count). The Bertz CT molecular complexity index is 158. The zero-order chi connectivity index (χ0) is 8.48. The summed E-state index contributed by atoms with van der Waals surface area (Å²) in [5.74, 6) is -0.259. The Balaban J connectivity index is 2.45. The minimum absolute atomic E-state index is 0.0787. The number of carbonyl (C=O) groups excluding carboxylic acids is 1. The van der Waals surface area contributed by atoms with Crippen LogP contribution in [0.2, 0.25) is 0 Å². The summed E-state index contributed by atoms with van der Waals surface area (Å²) in [5.41, 5.74) is 0. The van der Waals surface area contributed by atoms with Gasteiger partial charge >= 0.3 is 0 Å². The van der Waals surface area contributed by atoms with Gasteiger partial charge in [-0.05, 0) is 6.85 Å². The third-order valence-corrected chi connectivity index (χ3v) is 0.900. The molecule has 8 heavy (non-hydrogen) atoms. The summed E-state index contributed by atoms with van der Waals surface area (Å²) in [6.45, 7) is -2.20. The van der Waals surface area contributed by atoms with Crippen molar-refractivity contribution in [2.75, 3.05) is 13.2 Å². The lowest BCUT2D eigenvalue weighted by molar-refractivity contribution is -0.132. The van der Waals surface area contributed by atoms with Crippen LogP contribution in [0.1, 0.15) is 11.0 Å². The Morgan fingerprint density at radius 1 is 2.12 bits per heavy atom. The summed E-state index contributed by atoms with van der Waals surface area (Å²) in [4.78, 5) is 10.5. The van der Waals surface area contributed by atoms with Gasteiger partial charge in [-0.2, -0.15) is 0 Å². The van der Waals surface area contributed by atoms with Crippen LogP contribution in [0.3, 0.4) is 0 Å². The topological polar surface area (TPSA) is 38.3 Å². The van der Waals surface area contributed by atoms with Crippen molar-refractivity contribution in [1.82, 2.24) is 5.32 Å². The van der Waals surface area contributed by atoms with Gasteiger partial charge in [0.05, 0.1) is 6.10 Å². The van der Waals surface area contributed by atoms with E-state index >= 15 is 0 Å². The Kier molecular flexibility index (Phi) is 0.753. The van der Waals surface area contributed by atoms with Gasteiger partial charge in [0, 0.05) is 10.7 Å². The van der Waals surface area contributed by atoms with Gasteiger partial charge < -0.3 is 10.1 Å². The molecule has 46 valence electrons. The van der Waals surface area contributed by atoms with Gasteiger partial charge in [-0.25, -0.2) is 0 Å². The third kappa shape index (κ3) is 1.20. The second kappa shape index (κ2) is 2.13. The van der Waals surface area contributed by atoms with Crippen LogP contribution in [-0.4, -0.2) is 25.2 Å². The molecule has 1 amide bonds. The van der Waals surface area contributed by atoms with Crippen LogP contribution in [0.5, 0.6) is 0 Å². The van der Waals surface area contributed by atoms with Gasteiger partial charge in [0.2, 0.25) is 5.91 Å². The maximum absolute atomic E-state index is 10.5. The number of rotatable bonds is 0. The zero-order valence-electron chi connectivity index (χ0n) is 7.31. The highest BCUT2D eigenvalue weighted by atomic mass is 16.5. The molecule has 1 saturated heterocycles. The highest BCUT2D eigenvalue weighted by molar-refractivity contribution is 5.77. The average molecular weight is 118 g/mol. The van der Waals surface area contributed by atoms with Gasteiger partial charge in [-0.1, -0.05) is 0 Å². The molecule has 0 aromatic heterocycles. The Morgan fingerprint density at radius 2 is 3.00 bits per heavy atom. The minimum atomic E-state index is -2.13. The van der Waals surface area contributed by atoms with E-state index in [1.54, 1.807) is 0 Å². The quantitative estimate of drug-likeness (QED) is 0.466. The van der Waals surface area contributed by atoms with Crippen LogP contribution >= 0.6 is 0 Å². The number of carbonyl (C=O) groups is 1. The lowest BCUT2D eigenvalue weighted by Crippen LogP contribution is -2.41. The largest absolute Gasteiger partial charge is 0.367 e. The molecular formula is C5H9NO2. The lowest BCUT2D eigenvalue weighted by atomic mass is 10.3. The summed E-state index contributed by atoms with van der Waals surface area (Å²) < 4.78 is 25.6. The molecular weight excluding hydrogens is 106 g/mol. The van der Waals surface area contributed by atoms with E-state index in [9.17, 15) is 4.79 Å². The van der Waals surface area contributed by atoms with Crippen molar-refractivity contribution >= 4 is 5.91 Å². The molecule has 0 radical (unpaired) electrons. The van der Waals surface area contributed by atoms with E-state index in [2.05, 4.69) is 5.32 Å². The monoisotopic (exact) mass is 118 g/mol. The van der Waals surface area contributed by atoms with Crippen LogP contribution in [0.15, 0.2) is 0 Å². The van der Waals surface area contributed by atoms with Crippen LogP contribution in [0.25, 0.3) is 0 Å². The van der Waals surface area contributed by atoms with Gasteiger partial charge in [-0.15, -0.1) is 0 Å². The van der Waals surface area contributed by atoms with E-state index in [0.29, 0.717) is 0 Å². The van der Waals surface area contributed by atoms with Crippen molar-refractivity contribution in [1.29, 1.82) is 0 Å². The first-order chi connectivity index (χ1) is 5.00. The first-order valence-electron chi connectivity index (χ1n) is 3.88. The van der Waals surface area contributed by atoms with E-state index < -0.39 is 13.0 Å². The van der Waals surface area contributed by atoms with E-state index in [0.717, 1.165) is 0 Å². The highest BCUT2D eigenvalue weighted by Gasteiger charge is 2.12. The molecule has 1 atom stereocenters. The lowest BCUT2D eigenvalue weighted by Gasteiger charge is -2.18. The van der Waals surface area contributed by atoms with Gasteiger partial charge in [0.15, 0.2) is 0 Å². The maximum Gasteiger partial charge on any atom is 0.246 e. The first kappa shape index (κ1) is 2.82. The molecule has 0 bridgehead atoms. The molecule has 1 N–H and O–H groups in total. The number of ether oxygens (including phenoxy) is 1. The molecule has 0 aromatic rings. The van der Waals surface area contributed by atoms with Gasteiger partial charge in [0.25, 0.3) is 0 Å². The van der Waals surface area contributed by atoms with Crippen molar-refractivity contribution in [2.45, 2.75) is 13.0 Å². The predicted molar refractivity (Wildman–Crippen MR) is 28.4 cm³/mol. The molecule has 0 aliphatic carbocycles. The summed E-state index contributed by atoms with van der Waals surface area (Å²) >= 11 is 0. The molecule has 3 heteroatoms. The fourth-order valence-electron chi connectivity index (χ4n) is 0.493. The molecule has 1 aliphatic rings. The predicted octanol–water partition coefficient (Wildman–Crippen LogP) is -0.479. The number of hydrogen-bond donors (Lipinski definition) is 1. The minimum Gasteiger partial charge on any atom is -0.367 e. The van der Waals surface area contributed by atoms with Crippen molar-refractivity contribution in [3.63, 3.8) is 0 Å².